The van der Waals surface area contributed by atoms with E-state index in [4.69, 9.17) is 5.11 Å². The smallest absolute Gasteiger partial charge is 0.393 e. The maximum absolute atomic E-state index is 12.7. The third-order valence-corrected chi connectivity index (χ3v) is 3.20. The fraction of sp³-hybridized carbons (Fsp3) is 0.500. The molecule has 0 aromatic carbocycles. The molecule has 1 aliphatic rings. The van der Waals surface area contributed by atoms with Crippen molar-refractivity contribution >= 4 is 11.8 Å². The zero-order valence-electron chi connectivity index (χ0n) is 10.0. The van der Waals surface area contributed by atoms with Gasteiger partial charge in [-0.05, 0) is 25.0 Å². The van der Waals surface area contributed by atoms with Crippen molar-refractivity contribution in [2.45, 2.75) is 19.0 Å². The van der Waals surface area contributed by atoms with Gasteiger partial charge in [0.25, 0.3) is 0 Å². The highest BCUT2D eigenvalue weighted by atomic mass is 19.4. The lowest BCUT2D eigenvalue weighted by Crippen LogP contribution is -2.42. The molecule has 0 spiro atoms. The molecular weight excluding hydrogens is 261 g/mol. The van der Waals surface area contributed by atoms with E-state index in [9.17, 15) is 18.0 Å². The Labute approximate surface area is 107 Å². The van der Waals surface area contributed by atoms with Gasteiger partial charge < -0.3 is 10.0 Å². The first-order valence-corrected chi connectivity index (χ1v) is 5.89. The van der Waals surface area contributed by atoms with Crippen molar-refractivity contribution in [2.75, 3.05) is 18.0 Å². The number of nitrogens with zero attached hydrogens (tertiary/aromatic N) is 2. The summed E-state index contributed by atoms with van der Waals surface area (Å²) in [6.07, 6.45) is -2.39. The first kappa shape index (κ1) is 13.6. The van der Waals surface area contributed by atoms with E-state index in [1.165, 1.54) is 23.2 Å². The Morgan fingerprint density at radius 1 is 1.47 bits per heavy atom. The minimum Gasteiger partial charge on any atom is -0.478 e. The highest BCUT2D eigenvalue weighted by Gasteiger charge is 2.42. The van der Waals surface area contributed by atoms with Crippen molar-refractivity contribution in [2.24, 2.45) is 5.92 Å². The van der Waals surface area contributed by atoms with E-state index in [1.807, 2.05) is 0 Å². The average Bonchev–Trinajstić information content (AvgIpc) is 2.38. The van der Waals surface area contributed by atoms with Crippen LogP contribution >= 0.6 is 0 Å². The van der Waals surface area contributed by atoms with Crippen LogP contribution in [-0.4, -0.2) is 35.3 Å². The monoisotopic (exact) mass is 274 g/mol. The molecule has 0 saturated carbocycles. The zero-order chi connectivity index (χ0) is 14.0. The average molecular weight is 274 g/mol. The van der Waals surface area contributed by atoms with Gasteiger partial charge in [0.15, 0.2) is 0 Å². The molecule has 4 nitrogen and oxygen atoms in total. The molecule has 1 aromatic rings. The van der Waals surface area contributed by atoms with Gasteiger partial charge in [-0.3, -0.25) is 0 Å². The topological polar surface area (TPSA) is 53.4 Å². The highest BCUT2D eigenvalue weighted by Crippen LogP contribution is 2.34. The maximum Gasteiger partial charge on any atom is 0.393 e. The summed E-state index contributed by atoms with van der Waals surface area (Å²) in [4.78, 5) is 16.3. The Morgan fingerprint density at radius 2 is 2.21 bits per heavy atom. The van der Waals surface area contributed by atoms with Gasteiger partial charge >= 0.3 is 12.1 Å². The number of pyridine rings is 1. The fourth-order valence-corrected chi connectivity index (χ4v) is 2.18. The Balaban J connectivity index is 2.17. The molecule has 1 unspecified atom stereocenters. The quantitative estimate of drug-likeness (QED) is 0.900. The molecule has 2 heterocycles. The number of alkyl halides is 3. The molecule has 0 aliphatic carbocycles. The first-order chi connectivity index (χ1) is 8.88. The lowest BCUT2D eigenvalue weighted by Gasteiger charge is -2.34. The second-order valence-corrected chi connectivity index (χ2v) is 4.53. The predicted molar refractivity (Wildman–Crippen MR) is 62.2 cm³/mol. The van der Waals surface area contributed by atoms with Crippen LogP contribution in [0.2, 0.25) is 0 Å². The van der Waals surface area contributed by atoms with E-state index in [0.717, 1.165) is 0 Å². The summed E-state index contributed by atoms with van der Waals surface area (Å²) in [6, 6.07) is 2.62. The minimum absolute atomic E-state index is 0.0270. The Kier molecular flexibility index (Phi) is 3.64. The maximum atomic E-state index is 12.7. The van der Waals surface area contributed by atoms with Crippen LogP contribution in [0.5, 0.6) is 0 Å². The number of piperidine rings is 1. The molecule has 2 rings (SSSR count). The van der Waals surface area contributed by atoms with E-state index in [2.05, 4.69) is 4.98 Å². The molecule has 0 amide bonds. The number of anilines is 1. The van der Waals surface area contributed by atoms with Crippen molar-refractivity contribution in [1.82, 2.24) is 4.98 Å². The van der Waals surface area contributed by atoms with Crippen LogP contribution in [0.1, 0.15) is 23.2 Å². The van der Waals surface area contributed by atoms with Gasteiger partial charge in [0.1, 0.15) is 5.82 Å². The van der Waals surface area contributed by atoms with Crippen molar-refractivity contribution in [3.05, 3.63) is 23.9 Å². The van der Waals surface area contributed by atoms with E-state index >= 15 is 0 Å². The number of carbonyl (C=O) groups is 1. The zero-order valence-corrected chi connectivity index (χ0v) is 10.0. The lowest BCUT2D eigenvalue weighted by atomic mass is 9.97. The number of aromatic nitrogens is 1. The van der Waals surface area contributed by atoms with E-state index in [1.54, 1.807) is 0 Å². The number of halogens is 3. The molecule has 1 atom stereocenters. The SMILES string of the molecule is O=C(O)c1ccnc(N2CCCC(C(F)(F)F)C2)c1. The van der Waals surface area contributed by atoms with Gasteiger partial charge in [0, 0.05) is 19.3 Å². The predicted octanol–water partition coefficient (Wildman–Crippen LogP) is 2.56. The van der Waals surface area contributed by atoms with Crippen LogP contribution in [0.3, 0.4) is 0 Å². The second kappa shape index (κ2) is 5.07. The van der Waals surface area contributed by atoms with Crippen LogP contribution < -0.4 is 4.90 Å². The third kappa shape index (κ3) is 3.15. The summed E-state index contributed by atoms with van der Waals surface area (Å²) in [6.45, 7) is 0.294. The van der Waals surface area contributed by atoms with Gasteiger partial charge in [-0.25, -0.2) is 9.78 Å². The molecule has 7 heteroatoms. The van der Waals surface area contributed by atoms with E-state index in [0.29, 0.717) is 13.0 Å². The number of carboxylic acid groups (broad SMARTS) is 1. The van der Waals surface area contributed by atoms with Gasteiger partial charge in [0.2, 0.25) is 0 Å². The van der Waals surface area contributed by atoms with Gasteiger partial charge in [-0.2, -0.15) is 13.2 Å². The van der Waals surface area contributed by atoms with Crippen LogP contribution in [0, 0.1) is 5.92 Å². The van der Waals surface area contributed by atoms with Crippen molar-refractivity contribution in [3.63, 3.8) is 0 Å². The highest BCUT2D eigenvalue weighted by molar-refractivity contribution is 5.88. The number of hydrogen-bond donors (Lipinski definition) is 1. The molecule has 19 heavy (non-hydrogen) atoms. The standard InChI is InChI=1S/C12H13F3N2O2/c13-12(14,15)9-2-1-5-17(7-9)10-6-8(11(18)19)3-4-16-10/h3-4,6,9H,1-2,5,7H2,(H,18,19). The first-order valence-electron chi connectivity index (χ1n) is 5.89. The van der Waals surface area contributed by atoms with Crippen LogP contribution in [0.15, 0.2) is 18.3 Å². The Bertz CT molecular complexity index is 476. The van der Waals surface area contributed by atoms with E-state index in [-0.39, 0.29) is 24.3 Å². The van der Waals surface area contributed by atoms with Crippen molar-refractivity contribution in [3.8, 4) is 0 Å². The molecule has 1 saturated heterocycles. The minimum atomic E-state index is -4.22. The molecule has 104 valence electrons. The molecular formula is C12H13F3N2O2. The molecule has 1 fully saturated rings. The summed E-state index contributed by atoms with van der Waals surface area (Å²) in [7, 11) is 0. The summed E-state index contributed by atoms with van der Waals surface area (Å²) in [5.74, 6) is -2.21. The summed E-state index contributed by atoms with van der Waals surface area (Å²) in [5, 5.41) is 8.86. The fourth-order valence-electron chi connectivity index (χ4n) is 2.18. The van der Waals surface area contributed by atoms with Crippen LogP contribution in [0.4, 0.5) is 19.0 Å². The number of rotatable bonds is 2. The molecule has 0 bridgehead atoms. The van der Waals surface area contributed by atoms with Crippen LogP contribution in [-0.2, 0) is 0 Å². The number of aromatic carboxylic acids is 1. The lowest BCUT2D eigenvalue weighted by molar-refractivity contribution is -0.176. The van der Waals surface area contributed by atoms with E-state index < -0.39 is 18.1 Å². The second-order valence-electron chi connectivity index (χ2n) is 4.53. The van der Waals surface area contributed by atoms with Gasteiger partial charge in [-0.1, -0.05) is 0 Å². The third-order valence-electron chi connectivity index (χ3n) is 3.20. The normalized spacial score (nSPS) is 20.4. The largest absolute Gasteiger partial charge is 0.478 e. The van der Waals surface area contributed by atoms with Crippen LogP contribution in [0.25, 0.3) is 0 Å². The molecule has 1 aromatic heterocycles. The van der Waals surface area contributed by atoms with Crippen molar-refractivity contribution < 1.29 is 23.1 Å². The number of hydrogen-bond acceptors (Lipinski definition) is 3. The summed E-state index contributed by atoms with van der Waals surface area (Å²) >= 11 is 0. The molecule has 0 radical (unpaired) electrons. The molecule has 1 aliphatic heterocycles. The Morgan fingerprint density at radius 3 is 2.84 bits per heavy atom. The Hall–Kier alpha value is -1.79. The molecule has 1 N–H and O–H groups in total. The van der Waals surface area contributed by atoms with Gasteiger partial charge in [0.05, 0.1) is 11.5 Å². The summed E-state index contributed by atoms with van der Waals surface area (Å²) < 4.78 is 38.1. The van der Waals surface area contributed by atoms with Gasteiger partial charge in [-0.15, -0.1) is 0 Å². The number of carboxylic acids is 1. The van der Waals surface area contributed by atoms with Crippen molar-refractivity contribution in [1.29, 1.82) is 0 Å². The summed E-state index contributed by atoms with van der Waals surface area (Å²) in [5.41, 5.74) is 0.0270.